The summed E-state index contributed by atoms with van der Waals surface area (Å²) >= 11 is 6.56. The lowest BCUT2D eigenvalue weighted by Crippen LogP contribution is -2.67. The minimum atomic E-state index is 0.00904. The number of hydrogen-bond donors (Lipinski definition) is 2. The standard InChI is InChI=1S/C18H27ClN2O2/c1-18(2)12-21(17-6-4-3-5-15(17)20-18)16-8-7-13(11-14(16)19)23-10-9-22/h7-8,11,15,17,20,22H,3-6,9-10,12H2,1-2H3/t15-,17+/m1/s1. The van der Waals surface area contributed by atoms with Gasteiger partial charge in [0.15, 0.2) is 0 Å². The zero-order valence-electron chi connectivity index (χ0n) is 14.0. The van der Waals surface area contributed by atoms with Gasteiger partial charge in [0.25, 0.3) is 0 Å². The van der Waals surface area contributed by atoms with Gasteiger partial charge in [0, 0.05) is 30.2 Å². The molecule has 2 fully saturated rings. The maximum atomic E-state index is 8.87. The summed E-state index contributed by atoms with van der Waals surface area (Å²) in [6.45, 7) is 5.77. The summed E-state index contributed by atoms with van der Waals surface area (Å²) in [5.74, 6) is 0.711. The third-order valence-electron chi connectivity index (χ3n) is 4.86. The molecule has 1 heterocycles. The van der Waals surface area contributed by atoms with Crippen molar-refractivity contribution in [3.05, 3.63) is 23.2 Å². The molecule has 128 valence electrons. The van der Waals surface area contributed by atoms with E-state index < -0.39 is 0 Å². The Morgan fingerprint density at radius 3 is 2.87 bits per heavy atom. The van der Waals surface area contributed by atoms with Crippen LogP contribution in [-0.2, 0) is 0 Å². The molecule has 1 aromatic carbocycles. The fourth-order valence-electron chi connectivity index (χ4n) is 3.98. The number of nitrogens with one attached hydrogen (secondary N) is 1. The number of halogens is 1. The van der Waals surface area contributed by atoms with Crippen molar-refractivity contribution in [2.24, 2.45) is 0 Å². The van der Waals surface area contributed by atoms with E-state index in [2.05, 4.69) is 30.1 Å². The van der Waals surface area contributed by atoms with Gasteiger partial charge in [-0.05, 0) is 38.8 Å². The molecule has 0 unspecified atom stereocenters. The van der Waals surface area contributed by atoms with E-state index in [1.165, 1.54) is 25.7 Å². The van der Waals surface area contributed by atoms with Gasteiger partial charge in [-0.2, -0.15) is 0 Å². The van der Waals surface area contributed by atoms with Crippen molar-refractivity contribution in [3.63, 3.8) is 0 Å². The molecule has 4 nitrogen and oxygen atoms in total. The lowest BCUT2D eigenvalue weighted by Gasteiger charge is -2.52. The SMILES string of the molecule is CC1(C)CN(c2ccc(OCCO)cc2Cl)[C@H]2CCCC[C@H]2N1. The van der Waals surface area contributed by atoms with Crippen molar-refractivity contribution in [2.75, 3.05) is 24.7 Å². The third-order valence-corrected chi connectivity index (χ3v) is 5.16. The van der Waals surface area contributed by atoms with Gasteiger partial charge in [0.05, 0.1) is 17.3 Å². The Morgan fingerprint density at radius 1 is 1.35 bits per heavy atom. The van der Waals surface area contributed by atoms with Crippen LogP contribution in [0.4, 0.5) is 5.69 Å². The van der Waals surface area contributed by atoms with Crippen LogP contribution in [0.5, 0.6) is 5.75 Å². The van der Waals surface area contributed by atoms with Crippen molar-refractivity contribution in [1.29, 1.82) is 0 Å². The molecule has 0 radical (unpaired) electrons. The number of aliphatic hydroxyl groups is 1. The highest BCUT2D eigenvalue weighted by Crippen LogP contribution is 2.38. The van der Waals surface area contributed by atoms with E-state index in [0.717, 1.165) is 17.3 Å². The van der Waals surface area contributed by atoms with Gasteiger partial charge in [0.2, 0.25) is 0 Å². The summed E-state index contributed by atoms with van der Waals surface area (Å²) in [5, 5.41) is 13.4. The van der Waals surface area contributed by atoms with Crippen molar-refractivity contribution in [3.8, 4) is 5.75 Å². The van der Waals surface area contributed by atoms with Crippen LogP contribution in [-0.4, -0.2) is 42.5 Å². The highest BCUT2D eigenvalue weighted by atomic mass is 35.5. The largest absolute Gasteiger partial charge is 0.491 e. The third kappa shape index (κ3) is 3.76. The fourth-order valence-corrected chi connectivity index (χ4v) is 4.26. The zero-order valence-corrected chi connectivity index (χ0v) is 14.8. The maximum absolute atomic E-state index is 8.87. The predicted octanol–water partition coefficient (Wildman–Crippen LogP) is 3.21. The Labute approximate surface area is 143 Å². The number of piperazine rings is 1. The minimum Gasteiger partial charge on any atom is -0.491 e. The van der Waals surface area contributed by atoms with Crippen LogP contribution in [0.15, 0.2) is 18.2 Å². The van der Waals surface area contributed by atoms with Gasteiger partial charge in [-0.25, -0.2) is 0 Å². The van der Waals surface area contributed by atoms with Crippen LogP contribution in [0.25, 0.3) is 0 Å². The molecule has 3 rings (SSSR count). The first-order chi connectivity index (χ1) is 11.0. The second kappa shape index (κ2) is 6.88. The molecule has 1 saturated carbocycles. The van der Waals surface area contributed by atoms with Crippen LogP contribution in [0.1, 0.15) is 39.5 Å². The molecular formula is C18H27ClN2O2. The molecule has 0 aromatic heterocycles. The Morgan fingerprint density at radius 2 is 2.13 bits per heavy atom. The predicted molar refractivity (Wildman–Crippen MR) is 94.6 cm³/mol. The maximum Gasteiger partial charge on any atom is 0.121 e. The monoisotopic (exact) mass is 338 g/mol. The number of nitrogens with zero attached hydrogens (tertiary/aromatic N) is 1. The summed E-state index contributed by atoms with van der Waals surface area (Å²) in [5.41, 5.74) is 1.17. The summed E-state index contributed by atoms with van der Waals surface area (Å²) < 4.78 is 5.46. The molecule has 1 aliphatic carbocycles. The number of benzene rings is 1. The lowest BCUT2D eigenvalue weighted by molar-refractivity contribution is 0.198. The van der Waals surface area contributed by atoms with E-state index in [1.54, 1.807) is 0 Å². The quantitative estimate of drug-likeness (QED) is 0.885. The Kier molecular flexibility index (Phi) is 5.04. The first kappa shape index (κ1) is 16.9. The van der Waals surface area contributed by atoms with Crippen LogP contribution in [0.3, 0.4) is 0 Å². The number of aliphatic hydroxyl groups excluding tert-OH is 1. The molecule has 0 amide bonds. The van der Waals surface area contributed by atoms with Crippen LogP contribution >= 0.6 is 11.6 Å². The molecular weight excluding hydrogens is 312 g/mol. The number of hydrogen-bond acceptors (Lipinski definition) is 4. The van der Waals surface area contributed by atoms with Gasteiger partial charge in [-0.3, -0.25) is 0 Å². The zero-order chi connectivity index (χ0) is 16.4. The molecule has 23 heavy (non-hydrogen) atoms. The van der Waals surface area contributed by atoms with Gasteiger partial charge in [-0.1, -0.05) is 24.4 Å². The summed E-state index contributed by atoms with van der Waals surface area (Å²) in [7, 11) is 0. The normalized spacial score (nSPS) is 26.7. The van der Waals surface area contributed by atoms with Crippen molar-refractivity contribution < 1.29 is 9.84 Å². The van der Waals surface area contributed by atoms with Gasteiger partial charge in [-0.15, -0.1) is 0 Å². The van der Waals surface area contributed by atoms with E-state index in [9.17, 15) is 0 Å². The highest BCUT2D eigenvalue weighted by Gasteiger charge is 2.40. The van der Waals surface area contributed by atoms with E-state index >= 15 is 0 Å². The molecule has 2 atom stereocenters. The molecule has 0 bridgehead atoms. The molecule has 1 aliphatic heterocycles. The number of ether oxygens (including phenoxy) is 1. The van der Waals surface area contributed by atoms with Gasteiger partial charge >= 0.3 is 0 Å². The van der Waals surface area contributed by atoms with Gasteiger partial charge < -0.3 is 20.1 Å². The first-order valence-corrected chi connectivity index (χ1v) is 8.95. The fraction of sp³-hybridized carbons (Fsp3) is 0.667. The molecule has 2 aliphatic rings. The molecule has 0 spiro atoms. The highest BCUT2D eigenvalue weighted by molar-refractivity contribution is 6.33. The molecule has 5 heteroatoms. The van der Waals surface area contributed by atoms with Crippen molar-refractivity contribution in [1.82, 2.24) is 5.32 Å². The first-order valence-electron chi connectivity index (χ1n) is 8.58. The van der Waals surface area contributed by atoms with Crippen LogP contribution in [0, 0.1) is 0 Å². The summed E-state index contributed by atoms with van der Waals surface area (Å²) in [4.78, 5) is 2.48. The summed E-state index contributed by atoms with van der Waals surface area (Å²) in [6.07, 6.45) is 5.04. The minimum absolute atomic E-state index is 0.00904. The van der Waals surface area contributed by atoms with E-state index in [4.69, 9.17) is 21.4 Å². The van der Waals surface area contributed by atoms with E-state index in [-0.39, 0.29) is 12.1 Å². The molecule has 2 N–H and O–H groups in total. The average molecular weight is 339 g/mol. The van der Waals surface area contributed by atoms with Crippen molar-refractivity contribution >= 4 is 17.3 Å². The van der Waals surface area contributed by atoms with Gasteiger partial charge in [0.1, 0.15) is 12.4 Å². The number of fused-ring (bicyclic) bond motifs is 1. The summed E-state index contributed by atoms with van der Waals surface area (Å²) in [6, 6.07) is 6.91. The lowest BCUT2D eigenvalue weighted by atomic mass is 9.83. The Hall–Kier alpha value is -0.970. The van der Waals surface area contributed by atoms with Crippen LogP contribution in [0.2, 0.25) is 5.02 Å². The second-order valence-electron chi connectivity index (χ2n) is 7.30. The van der Waals surface area contributed by atoms with E-state index in [0.29, 0.717) is 24.4 Å². The smallest absolute Gasteiger partial charge is 0.121 e. The van der Waals surface area contributed by atoms with Crippen LogP contribution < -0.4 is 15.0 Å². The molecule has 1 aromatic rings. The van der Waals surface area contributed by atoms with E-state index in [1.807, 2.05) is 12.1 Å². The Balaban J connectivity index is 1.85. The number of rotatable bonds is 4. The average Bonchev–Trinajstić information content (AvgIpc) is 2.51. The Bertz CT molecular complexity index is 550. The van der Waals surface area contributed by atoms with Crippen molar-refractivity contribution in [2.45, 2.75) is 57.2 Å². The molecule has 1 saturated heterocycles. The topological polar surface area (TPSA) is 44.7 Å². The number of anilines is 1. The second-order valence-corrected chi connectivity index (χ2v) is 7.71.